The molecule has 1 aliphatic rings. The van der Waals surface area contributed by atoms with Crippen LogP contribution in [0.4, 0.5) is 0 Å². The van der Waals surface area contributed by atoms with Gasteiger partial charge in [-0.15, -0.1) is 0 Å². The smallest absolute Gasteiger partial charge is 0.119 e. The summed E-state index contributed by atoms with van der Waals surface area (Å²) < 4.78 is 5.14. The third-order valence-electron chi connectivity index (χ3n) is 2.57. The number of amidine groups is 1. The first-order chi connectivity index (χ1) is 7.29. The minimum Gasteiger partial charge on any atom is -0.497 e. The van der Waals surface area contributed by atoms with E-state index in [0.29, 0.717) is 12.5 Å². The van der Waals surface area contributed by atoms with Crippen LogP contribution < -0.4 is 10.5 Å². The molecule has 0 aromatic heterocycles. The van der Waals surface area contributed by atoms with Gasteiger partial charge in [0, 0.05) is 5.92 Å². The van der Waals surface area contributed by atoms with E-state index in [9.17, 15) is 0 Å². The Kier molecular flexibility index (Phi) is 2.90. The van der Waals surface area contributed by atoms with Crippen LogP contribution in [0.3, 0.4) is 0 Å². The molecule has 0 bridgehead atoms. The third kappa shape index (κ3) is 2.72. The molecular weight excluding hydrogens is 188 g/mol. The molecule has 0 heterocycles. The average molecular weight is 204 g/mol. The Balaban J connectivity index is 2.00. The van der Waals surface area contributed by atoms with E-state index in [-0.39, 0.29) is 0 Å². The molecule has 3 nitrogen and oxygen atoms in total. The van der Waals surface area contributed by atoms with Crippen LogP contribution in [0.2, 0.25) is 0 Å². The normalized spacial score (nSPS) is 16.5. The van der Waals surface area contributed by atoms with Crippen LogP contribution in [-0.2, 0) is 6.54 Å². The SMILES string of the molecule is COc1cccc(CN=C(N)C2CC2)c1. The first-order valence-corrected chi connectivity index (χ1v) is 5.22. The summed E-state index contributed by atoms with van der Waals surface area (Å²) in [5.41, 5.74) is 6.95. The van der Waals surface area contributed by atoms with E-state index >= 15 is 0 Å². The number of rotatable bonds is 4. The van der Waals surface area contributed by atoms with E-state index in [2.05, 4.69) is 4.99 Å². The van der Waals surface area contributed by atoms with Crippen molar-refractivity contribution in [2.24, 2.45) is 16.6 Å². The first kappa shape index (κ1) is 10.0. The molecule has 0 amide bonds. The zero-order chi connectivity index (χ0) is 10.7. The van der Waals surface area contributed by atoms with Gasteiger partial charge in [0.25, 0.3) is 0 Å². The molecule has 1 aromatic rings. The van der Waals surface area contributed by atoms with Crippen LogP contribution in [0.1, 0.15) is 18.4 Å². The number of hydrogen-bond donors (Lipinski definition) is 1. The zero-order valence-electron chi connectivity index (χ0n) is 8.94. The number of aliphatic imine (C=N–C) groups is 1. The van der Waals surface area contributed by atoms with Gasteiger partial charge in [-0.05, 0) is 30.5 Å². The fraction of sp³-hybridized carbons (Fsp3) is 0.417. The van der Waals surface area contributed by atoms with Crippen LogP contribution in [0, 0.1) is 5.92 Å². The number of benzene rings is 1. The summed E-state index contributed by atoms with van der Waals surface area (Å²) in [6.45, 7) is 0.652. The van der Waals surface area contributed by atoms with Crippen molar-refractivity contribution in [1.82, 2.24) is 0 Å². The lowest BCUT2D eigenvalue weighted by Crippen LogP contribution is -2.14. The van der Waals surface area contributed by atoms with Crippen LogP contribution >= 0.6 is 0 Å². The second-order valence-corrected chi connectivity index (χ2v) is 3.87. The molecule has 2 rings (SSSR count). The van der Waals surface area contributed by atoms with Crippen LogP contribution in [0.25, 0.3) is 0 Å². The fourth-order valence-corrected chi connectivity index (χ4v) is 1.46. The van der Waals surface area contributed by atoms with Crippen molar-refractivity contribution in [1.29, 1.82) is 0 Å². The molecule has 2 N–H and O–H groups in total. The molecular formula is C12H16N2O. The summed E-state index contributed by atoms with van der Waals surface area (Å²) in [6, 6.07) is 7.92. The van der Waals surface area contributed by atoms with E-state index in [1.54, 1.807) is 7.11 Å². The second kappa shape index (κ2) is 4.34. The zero-order valence-corrected chi connectivity index (χ0v) is 8.94. The summed E-state index contributed by atoms with van der Waals surface area (Å²) in [7, 11) is 1.67. The maximum Gasteiger partial charge on any atom is 0.119 e. The number of ether oxygens (including phenoxy) is 1. The monoisotopic (exact) mass is 204 g/mol. The molecule has 0 unspecified atom stereocenters. The molecule has 3 heteroatoms. The quantitative estimate of drug-likeness (QED) is 0.602. The minimum absolute atomic E-state index is 0.551. The molecule has 0 atom stereocenters. The van der Waals surface area contributed by atoms with Gasteiger partial charge in [0.05, 0.1) is 19.5 Å². The maximum atomic E-state index is 5.82. The Morgan fingerprint density at radius 1 is 1.53 bits per heavy atom. The molecule has 15 heavy (non-hydrogen) atoms. The number of nitrogens with two attached hydrogens (primary N) is 1. The van der Waals surface area contributed by atoms with E-state index in [4.69, 9.17) is 10.5 Å². The van der Waals surface area contributed by atoms with Crippen molar-refractivity contribution in [3.63, 3.8) is 0 Å². The van der Waals surface area contributed by atoms with Gasteiger partial charge in [0.15, 0.2) is 0 Å². The van der Waals surface area contributed by atoms with Gasteiger partial charge in [-0.2, -0.15) is 0 Å². The van der Waals surface area contributed by atoms with E-state index in [0.717, 1.165) is 17.1 Å². The molecule has 80 valence electrons. The van der Waals surface area contributed by atoms with E-state index in [1.807, 2.05) is 24.3 Å². The number of methoxy groups -OCH3 is 1. The van der Waals surface area contributed by atoms with Gasteiger partial charge < -0.3 is 10.5 Å². The molecule has 0 aliphatic heterocycles. The molecule has 0 spiro atoms. The highest BCUT2D eigenvalue weighted by Crippen LogP contribution is 2.29. The lowest BCUT2D eigenvalue weighted by Gasteiger charge is -2.02. The number of hydrogen-bond acceptors (Lipinski definition) is 2. The molecule has 1 saturated carbocycles. The Hall–Kier alpha value is -1.51. The highest BCUT2D eigenvalue weighted by molar-refractivity contribution is 5.84. The topological polar surface area (TPSA) is 47.6 Å². The van der Waals surface area contributed by atoms with Gasteiger partial charge in [0.1, 0.15) is 5.75 Å². The molecule has 1 fully saturated rings. The van der Waals surface area contributed by atoms with Crippen LogP contribution in [-0.4, -0.2) is 12.9 Å². The summed E-state index contributed by atoms with van der Waals surface area (Å²) in [4.78, 5) is 4.37. The van der Waals surface area contributed by atoms with Crippen molar-refractivity contribution in [3.05, 3.63) is 29.8 Å². The van der Waals surface area contributed by atoms with Crippen LogP contribution in [0.15, 0.2) is 29.3 Å². The summed E-state index contributed by atoms with van der Waals surface area (Å²) in [5, 5.41) is 0. The second-order valence-electron chi connectivity index (χ2n) is 3.87. The lowest BCUT2D eigenvalue weighted by molar-refractivity contribution is 0.414. The molecule has 0 radical (unpaired) electrons. The summed E-state index contributed by atoms with van der Waals surface area (Å²) in [5.74, 6) is 2.22. The Bertz CT molecular complexity index is 370. The lowest BCUT2D eigenvalue weighted by atomic mass is 10.2. The van der Waals surface area contributed by atoms with Gasteiger partial charge >= 0.3 is 0 Å². The maximum absolute atomic E-state index is 5.82. The first-order valence-electron chi connectivity index (χ1n) is 5.22. The van der Waals surface area contributed by atoms with Crippen molar-refractivity contribution in [3.8, 4) is 5.75 Å². The van der Waals surface area contributed by atoms with Crippen LogP contribution in [0.5, 0.6) is 5.75 Å². The highest BCUT2D eigenvalue weighted by Gasteiger charge is 2.25. The van der Waals surface area contributed by atoms with Gasteiger partial charge in [0.2, 0.25) is 0 Å². The predicted molar refractivity (Wildman–Crippen MR) is 61.0 cm³/mol. The van der Waals surface area contributed by atoms with E-state index < -0.39 is 0 Å². The van der Waals surface area contributed by atoms with Gasteiger partial charge in [-0.3, -0.25) is 4.99 Å². The van der Waals surface area contributed by atoms with E-state index in [1.165, 1.54) is 12.8 Å². The van der Waals surface area contributed by atoms with Crippen molar-refractivity contribution in [2.45, 2.75) is 19.4 Å². The Labute approximate surface area is 90.0 Å². The number of nitrogens with zero attached hydrogens (tertiary/aromatic N) is 1. The Morgan fingerprint density at radius 3 is 3.00 bits per heavy atom. The Morgan fingerprint density at radius 2 is 2.33 bits per heavy atom. The largest absolute Gasteiger partial charge is 0.497 e. The predicted octanol–water partition coefficient (Wildman–Crippen LogP) is 1.96. The van der Waals surface area contributed by atoms with Crippen molar-refractivity contribution < 1.29 is 4.74 Å². The average Bonchev–Trinajstić information content (AvgIpc) is 3.10. The van der Waals surface area contributed by atoms with Crippen molar-refractivity contribution >= 4 is 5.84 Å². The molecule has 1 aromatic carbocycles. The standard InChI is InChI=1S/C12H16N2O/c1-15-11-4-2-3-9(7-11)8-14-12(13)10-5-6-10/h2-4,7,10H,5-6,8H2,1H3,(H2,13,14). The highest BCUT2D eigenvalue weighted by atomic mass is 16.5. The fourth-order valence-electron chi connectivity index (χ4n) is 1.46. The molecule has 0 saturated heterocycles. The summed E-state index contributed by atoms with van der Waals surface area (Å²) in [6.07, 6.45) is 2.40. The summed E-state index contributed by atoms with van der Waals surface area (Å²) >= 11 is 0. The van der Waals surface area contributed by atoms with Gasteiger partial charge in [-0.1, -0.05) is 12.1 Å². The minimum atomic E-state index is 0.551. The van der Waals surface area contributed by atoms with Gasteiger partial charge in [-0.25, -0.2) is 0 Å². The third-order valence-corrected chi connectivity index (χ3v) is 2.57. The van der Waals surface area contributed by atoms with Crippen molar-refractivity contribution in [2.75, 3.05) is 7.11 Å². The molecule has 1 aliphatic carbocycles.